The molecule has 18 heavy (non-hydrogen) atoms. The number of rotatable bonds is 4. The van der Waals surface area contributed by atoms with Gasteiger partial charge in [-0.3, -0.25) is 0 Å². The average molecular weight is 264 g/mol. The Bertz CT molecular complexity index is 526. The molecule has 2 aromatic rings. The van der Waals surface area contributed by atoms with Crippen molar-refractivity contribution in [3.8, 4) is 5.75 Å². The zero-order valence-corrected chi connectivity index (χ0v) is 10.5. The van der Waals surface area contributed by atoms with E-state index in [1.165, 1.54) is 0 Å². The van der Waals surface area contributed by atoms with Gasteiger partial charge in [0.1, 0.15) is 12.4 Å². The number of anilines is 1. The Kier molecular flexibility index (Phi) is 4.07. The predicted octanol–water partition coefficient (Wildman–Crippen LogP) is 2.99. The molecule has 0 saturated heterocycles. The van der Waals surface area contributed by atoms with Crippen LogP contribution in [0.15, 0.2) is 42.5 Å². The Morgan fingerprint density at radius 2 is 1.83 bits per heavy atom. The van der Waals surface area contributed by atoms with E-state index in [1.54, 1.807) is 18.2 Å². The second-order valence-electron chi connectivity index (χ2n) is 3.94. The SMILES string of the molecule is Nc1ccc(Cl)c(COc2ccc(CO)cc2)c1. The minimum Gasteiger partial charge on any atom is -0.489 e. The lowest BCUT2D eigenvalue weighted by molar-refractivity contribution is 0.280. The smallest absolute Gasteiger partial charge is 0.119 e. The van der Waals surface area contributed by atoms with E-state index in [1.807, 2.05) is 24.3 Å². The average Bonchev–Trinajstić information content (AvgIpc) is 2.40. The fourth-order valence-corrected chi connectivity index (χ4v) is 1.73. The van der Waals surface area contributed by atoms with Gasteiger partial charge in [0, 0.05) is 16.3 Å². The van der Waals surface area contributed by atoms with Crippen molar-refractivity contribution >= 4 is 17.3 Å². The van der Waals surface area contributed by atoms with Gasteiger partial charge in [-0.2, -0.15) is 0 Å². The molecule has 0 saturated carbocycles. The molecule has 3 nitrogen and oxygen atoms in total. The lowest BCUT2D eigenvalue weighted by Gasteiger charge is -2.09. The van der Waals surface area contributed by atoms with Crippen LogP contribution in [0.5, 0.6) is 5.75 Å². The summed E-state index contributed by atoms with van der Waals surface area (Å²) >= 11 is 6.04. The van der Waals surface area contributed by atoms with Crippen LogP contribution in [0.1, 0.15) is 11.1 Å². The molecular weight excluding hydrogens is 250 g/mol. The molecule has 0 bridgehead atoms. The van der Waals surface area contributed by atoms with Crippen LogP contribution in [0.3, 0.4) is 0 Å². The van der Waals surface area contributed by atoms with Crippen molar-refractivity contribution in [2.45, 2.75) is 13.2 Å². The summed E-state index contributed by atoms with van der Waals surface area (Å²) in [6.45, 7) is 0.393. The number of hydrogen-bond acceptors (Lipinski definition) is 3. The zero-order valence-electron chi connectivity index (χ0n) is 9.77. The Morgan fingerprint density at radius 1 is 1.11 bits per heavy atom. The Hall–Kier alpha value is -1.71. The highest BCUT2D eigenvalue weighted by Gasteiger charge is 2.02. The first-order chi connectivity index (χ1) is 8.69. The van der Waals surface area contributed by atoms with Crippen molar-refractivity contribution in [3.63, 3.8) is 0 Å². The molecule has 4 heteroatoms. The van der Waals surface area contributed by atoms with Crippen LogP contribution < -0.4 is 10.5 Å². The topological polar surface area (TPSA) is 55.5 Å². The molecule has 0 aliphatic carbocycles. The largest absolute Gasteiger partial charge is 0.489 e. The van der Waals surface area contributed by atoms with Crippen molar-refractivity contribution in [2.75, 3.05) is 5.73 Å². The summed E-state index contributed by atoms with van der Waals surface area (Å²) in [5, 5.41) is 9.57. The number of halogens is 1. The van der Waals surface area contributed by atoms with E-state index in [0.717, 1.165) is 16.9 Å². The van der Waals surface area contributed by atoms with E-state index in [9.17, 15) is 0 Å². The molecule has 2 rings (SSSR count). The van der Waals surface area contributed by atoms with Crippen LogP contribution in [-0.2, 0) is 13.2 Å². The maximum Gasteiger partial charge on any atom is 0.119 e. The van der Waals surface area contributed by atoms with Crippen molar-refractivity contribution in [1.82, 2.24) is 0 Å². The number of aliphatic hydroxyl groups excluding tert-OH is 1. The van der Waals surface area contributed by atoms with E-state index in [4.69, 9.17) is 27.2 Å². The van der Waals surface area contributed by atoms with E-state index in [0.29, 0.717) is 17.3 Å². The second-order valence-corrected chi connectivity index (χ2v) is 4.35. The minimum atomic E-state index is 0.0291. The summed E-state index contributed by atoms with van der Waals surface area (Å²) in [6.07, 6.45) is 0. The highest BCUT2D eigenvalue weighted by Crippen LogP contribution is 2.21. The molecule has 0 fully saturated rings. The molecule has 0 amide bonds. The molecule has 3 N–H and O–H groups in total. The molecule has 0 atom stereocenters. The maximum absolute atomic E-state index is 8.93. The van der Waals surface area contributed by atoms with Gasteiger partial charge < -0.3 is 15.6 Å². The highest BCUT2D eigenvalue weighted by atomic mass is 35.5. The van der Waals surface area contributed by atoms with Gasteiger partial charge >= 0.3 is 0 Å². The van der Waals surface area contributed by atoms with E-state index in [-0.39, 0.29) is 6.61 Å². The standard InChI is InChI=1S/C14H14ClNO2/c15-14-6-3-12(16)7-11(14)9-18-13-4-1-10(8-17)2-5-13/h1-7,17H,8-9,16H2. The summed E-state index contributed by atoms with van der Waals surface area (Å²) in [5.41, 5.74) is 8.05. The number of hydrogen-bond donors (Lipinski definition) is 2. The lowest BCUT2D eigenvalue weighted by atomic mass is 10.2. The number of aliphatic hydroxyl groups is 1. The fourth-order valence-electron chi connectivity index (χ4n) is 1.56. The summed E-state index contributed by atoms with van der Waals surface area (Å²) in [4.78, 5) is 0. The fraction of sp³-hybridized carbons (Fsp3) is 0.143. The van der Waals surface area contributed by atoms with Crippen LogP contribution in [0.4, 0.5) is 5.69 Å². The highest BCUT2D eigenvalue weighted by molar-refractivity contribution is 6.31. The minimum absolute atomic E-state index is 0.0291. The molecule has 0 unspecified atom stereocenters. The first-order valence-corrected chi connectivity index (χ1v) is 5.93. The molecule has 0 spiro atoms. The van der Waals surface area contributed by atoms with Crippen LogP contribution in [0.25, 0.3) is 0 Å². The summed E-state index contributed by atoms with van der Waals surface area (Å²) in [5.74, 6) is 0.727. The van der Waals surface area contributed by atoms with Crippen LogP contribution in [0, 0.1) is 0 Å². The Morgan fingerprint density at radius 3 is 2.50 bits per heavy atom. The summed E-state index contributed by atoms with van der Waals surface area (Å²) in [6, 6.07) is 12.6. The van der Waals surface area contributed by atoms with E-state index >= 15 is 0 Å². The summed E-state index contributed by atoms with van der Waals surface area (Å²) in [7, 11) is 0. The monoisotopic (exact) mass is 263 g/mol. The van der Waals surface area contributed by atoms with Gasteiger partial charge in [0.05, 0.1) is 6.61 Å². The Balaban J connectivity index is 2.04. The van der Waals surface area contributed by atoms with Crippen molar-refractivity contribution in [1.29, 1.82) is 0 Å². The van der Waals surface area contributed by atoms with Gasteiger partial charge in [0.2, 0.25) is 0 Å². The molecule has 0 aliphatic rings. The quantitative estimate of drug-likeness (QED) is 0.834. The van der Waals surface area contributed by atoms with Gasteiger partial charge in [-0.05, 0) is 35.9 Å². The molecular formula is C14H14ClNO2. The molecule has 0 heterocycles. The third-order valence-corrected chi connectivity index (χ3v) is 2.94. The number of ether oxygens (including phenoxy) is 1. The Labute approximate surface area is 111 Å². The van der Waals surface area contributed by atoms with Gasteiger partial charge in [-0.15, -0.1) is 0 Å². The first-order valence-electron chi connectivity index (χ1n) is 5.55. The number of nitrogens with two attached hydrogens (primary N) is 1. The molecule has 0 aliphatic heterocycles. The maximum atomic E-state index is 8.93. The summed E-state index contributed by atoms with van der Waals surface area (Å²) < 4.78 is 5.61. The number of nitrogen functional groups attached to an aromatic ring is 1. The third-order valence-electron chi connectivity index (χ3n) is 2.57. The molecule has 2 aromatic carbocycles. The molecule has 94 valence electrons. The molecule has 0 radical (unpaired) electrons. The van der Waals surface area contributed by atoms with Gasteiger partial charge in [0.15, 0.2) is 0 Å². The van der Waals surface area contributed by atoms with Crippen LogP contribution in [0.2, 0.25) is 5.02 Å². The van der Waals surface area contributed by atoms with Gasteiger partial charge in [0.25, 0.3) is 0 Å². The zero-order chi connectivity index (χ0) is 13.0. The van der Waals surface area contributed by atoms with Crippen molar-refractivity contribution < 1.29 is 9.84 Å². The van der Waals surface area contributed by atoms with E-state index in [2.05, 4.69) is 0 Å². The predicted molar refractivity (Wildman–Crippen MR) is 72.6 cm³/mol. The first kappa shape index (κ1) is 12.7. The van der Waals surface area contributed by atoms with Crippen molar-refractivity contribution in [3.05, 3.63) is 58.6 Å². The third kappa shape index (κ3) is 3.15. The van der Waals surface area contributed by atoms with E-state index < -0.39 is 0 Å². The van der Waals surface area contributed by atoms with Gasteiger partial charge in [-0.25, -0.2) is 0 Å². The van der Waals surface area contributed by atoms with Gasteiger partial charge in [-0.1, -0.05) is 23.7 Å². The van der Waals surface area contributed by atoms with Crippen LogP contribution in [-0.4, -0.2) is 5.11 Å². The van der Waals surface area contributed by atoms with Crippen molar-refractivity contribution in [2.24, 2.45) is 0 Å². The lowest BCUT2D eigenvalue weighted by Crippen LogP contribution is -1.98. The van der Waals surface area contributed by atoms with Crippen LogP contribution >= 0.6 is 11.6 Å². The second kappa shape index (κ2) is 5.76. The normalized spacial score (nSPS) is 10.3. The molecule has 0 aromatic heterocycles. The number of benzene rings is 2.